The molecule has 5 rings (SSSR count). The maximum atomic E-state index is 4.74. The van der Waals surface area contributed by atoms with Crippen molar-refractivity contribution in [2.24, 2.45) is 0 Å². The quantitative estimate of drug-likeness (QED) is 0.526. The van der Waals surface area contributed by atoms with E-state index in [-0.39, 0.29) is 0 Å². The summed E-state index contributed by atoms with van der Waals surface area (Å²) in [6.07, 6.45) is 1.70. The highest BCUT2D eigenvalue weighted by atomic mass is 32.1. The highest BCUT2D eigenvalue weighted by molar-refractivity contribution is 7.26. The van der Waals surface area contributed by atoms with Crippen molar-refractivity contribution in [1.29, 1.82) is 0 Å². The van der Waals surface area contributed by atoms with Crippen LogP contribution in [0.1, 0.15) is 11.3 Å². The van der Waals surface area contributed by atoms with E-state index in [2.05, 4.69) is 63.1 Å². The lowest BCUT2D eigenvalue weighted by atomic mass is 10.1. The lowest BCUT2D eigenvalue weighted by molar-refractivity contribution is 0.649. The number of thiophene rings is 1. The molecule has 6 heteroatoms. The summed E-state index contributed by atoms with van der Waals surface area (Å²) in [6.45, 7) is 8.10. The van der Waals surface area contributed by atoms with Crippen molar-refractivity contribution < 1.29 is 0 Å². The van der Waals surface area contributed by atoms with Crippen molar-refractivity contribution in [2.75, 3.05) is 36.0 Å². The fraction of sp³-hybridized carbons (Fsp3) is 0.286. The van der Waals surface area contributed by atoms with Gasteiger partial charge in [0.1, 0.15) is 17.0 Å². The van der Waals surface area contributed by atoms with Crippen LogP contribution in [0.15, 0.2) is 42.7 Å². The van der Waals surface area contributed by atoms with Gasteiger partial charge < -0.3 is 9.80 Å². The zero-order chi connectivity index (χ0) is 18.4. The maximum absolute atomic E-state index is 4.74. The lowest BCUT2D eigenvalue weighted by Crippen LogP contribution is -2.46. The number of rotatable bonds is 2. The van der Waals surface area contributed by atoms with E-state index in [4.69, 9.17) is 4.98 Å². The Morgan fingerprint density at radius 3 is 2.44 bits per heavy atom. The van der Waals surface area contributed by atoms with E-state index in [0.717, 1.165) is 52.7 Å². The Morgan fingerprint density at radius 2 is 1.67 bits per heavy atom. The van der Waals surface area contributed by atoms with Crippen molar-refractivity contribution in [1.82, 2.24) is 15.0 Å². The molecule has 0 amide bonds. The van der Waals surface area contributed by atoms with Gasteiger partial charge in [-0.25, -0.2) is 15.0 Å². The first-order valence-corrected chi connectivity index (χ1v) is 10.1. The zero-order valence-corrected chi connectivity index (χ0v) is 16.3. The summed E-state index contributed by atoms with van der Waals surface area (Å²) in [5, 5.41) is 1.17. The molecule has 1 aliphatic heterocycles. The SMILES string of the molecule is Cc1cc(C)c2c(n1)sc1c(N3CCN(c4ccccc4)CC3)ncnc12. The van der Waals surface area contributed by atoms with E-state index in [1.165, 1.54) is 16.6 Å². The molecule has 0 aliphatic carbocycles. The van der Waals surface area contributed by atoms with Gasteiger partial charge >= 0.3 is 0 Å². The molecule has 4 heterocycles. The topological polar surface area (TPSA) is 45.2 Å². The van der Waals surface area contributed by atoms with Crippen LogP contribution in [0.5, 0.6) is 0 Å². The standard InChI is InChI=1S/C21H21N5S/c1-14-12-15(2)24-21-17(14)18-19(27-21)20(23-13-22-18)26-10-8-25(9-11-26)16-6-4-3-5-7-16/h3-7,12-13H,8-11H2,1-2H3. The summed E-state index contributed by atoms with van der Waals surface area (Å²) >= 11 is 1.72. The van der Waals surface area contributed by atoms with Crippen molar-refractivity contribution in [3.63, 3.8) is 0 Å². The molecule has 0 spiro atoms. The number of aryl methyl sites for hydroxylation is 2. The van der Waals surface area contributed by atoms with E-state index in [1.807, 2.05) is 6.92 Å². The molecule has 136 valence electrons. The Labute approximate surface area is 162 Å². The minimum Gasteiger partial charge on any atom is -0.368 e. The zero-order valence-electron chi connectivity index (χ0n) is 15.5. The van der Waals surface area contributed by atoms with Crippen molar-refractivity contribution in [3.8, 4) is 0 Å². The molecule has 5 nitrogen and oxygen atoms in total. The number of hydrogen-bond donors (Lipinski definition) is 0. The van der Waals surface area contributed by atoms with E-state index < -0.39 is 0 Å². The minimum absolute atomic E-state index is 0.959. The Morgan fingerprint density at radius 1 is 0.926 bits per heavy atom. The molecule has 1 saturated heterocycles. The molecule has 0 bridgehead atoms. The van der Waals surface area contributed by atoms with Crippen LogP contribution in [-0.2, 0) is 0 Å². The second-order valence-electron chi connectivity index (χ2n) is 7.05. The normalized spacial score (nSPS) is 15.0. The molecule has 27 heavy (non-hydrogen) atoms. The average Bonchev–Trinajstić information content (AvgIpc) is 3.07. The lowest BCUT2D eigenvalue weighted by Gasteiger charge is -2.36. The van der Waals surface area contributed by atoms with Crippen molar-refractivity contribution >= 4 is 43.3 Å². The van der Waals surface area contributed by atoms with Crippen molar-refractivity contribution in [2.45, 2.75) is 13.8 Å². The summed E-state index contributed by atoms with van der Waals surface area (Å²) in [5.74, 6) is 1.05. The molecule has 1 fully saturated rings. The molecule has 4 aromatic rings. The number of piperazine rings is 1. The van der Waals surface area contributed by atoms with E-state index >= 15 is 0 Å². The summed E-state index contributed by atoms with van der Waals surface area (Å²) in [7, 11) is 0. The van der Waals surface area contributed by atoms with Gasteiger partial charge in [-0.3, -0.25) is 0 Å². The first kappa shape index (κ1) is 16.4. The third-order valence-electron chi connectivity index (χ3n) is 5.23. The summed E-state index contributed by atoms with van der Waals surface area (Å²) in [6, 6.07) is 12.8. The van der Waals surface area contributed by atoms with Gasteiger partial charge in [0.05, 0.1) is 10.2 Å². The van der Waals surface area contributed by atoms with Crippen LogP contribution in [-0.4, -0.2) is 41.1 Å². The van der Waals surface area contributed by atoms with Crippen LogP contribution in [0.2, 0.25) is 0 Å². The molecule has 1 aromatic carbocycles. The van der Waals surface area contributed by atoms with Crippen LogP contribution < -0.4 is 9.80 Å². The number of pyridine rings is 1. The van der Waals surface area contributed by atoms with Gasteiger partial charge in [0, 0.05) is 42.9 Å². The largest absolute Gasteiger partial charge is 0.368 e. The van der Waals surface area contributed by atoms with Gasteiger partial charge in [-0.2, -0.15) is 0 Å². The fourth-order valence-corrected chi connectivity index (χ4v) is 5.21. The highest BCUT2D eigenvalue weighted by Crippen LogP contribution is 2.38. The molecule has 0 radical (unpaired) electrons. The molecule has 0 N–H and O–H groups in total. The number of fused-ring (bicyclic) bond motifs is 3. The molecule has 0 saturated carbocycles. The maximum Gasteiger partial charge on any atom is 0.150 e. The van der Waals surface area contributed by atoms with Gasteiger partial charge in [-0.05, 0) is 37.6 Å². The van der Waals surface area contributed by atoms with Gasteiger partial charge in [0.2, 0.25) is 0 Å². The van der Waals surface area contributed by atoms with Crippen LogP contribution in [0.4, 0.5) is 11.5 Å². The average molecular weight is 376 g/mol. The van der Waals surface area contributed by atoms with E-state index in [0.29, 0.717) is 0 Å². The number of anilines is 2. The Bertz CT molecular complexity index is 1110. The van der Waals surface area contributed by atoms with Crippen molar-refractivity contribution in [3.05, 3.63) is 54.0 Å². The predicted octanol–water partition coefficient (Wildman–Crippen LogP) is 4.18. The predicted molar refractivity (Wildman–Crippen MR) is 113 cm³/mol. The molecule has 0 unspecified atom stereocenters. The van der Waals surface area contributed by atoms with Gasteiger partial charge in [0.25, 0.3) is 0 Å². The highest BCUT2D eigenvalue weighted by Gasteiger charge is 2.22. The van der Waals surface area contributed by atoms with Crippen LogP contribution >= 0.6 is 11.3 Å². The first-order chi connectivity index (χ1) is 13.2. The van der Waals surface area contributed by atoms with E-state index in [9.17, 15) is 0 Å². The Kier molecular flexibility index (Phi) is 3.93. The molecule has 1 aliphatic rings. The molecular formula is C21H21N5S. The van der Waals surface area contributed by atoms with Gasteiger partial charge in [-0.15, -0.1) is 11.3 Å². The summed E-state index contributed by atoms with van der Waals surface area (Å²) in [4.78, 5) is 19.9. The third-order valence-corrected chi connectivity index (χ3v) is 6.30. The molecular weight excluding hydrogens is 354 g/mol. The number of nitrogens with zero attached hydrogens (tertiary/aromatic N) is 5. The van der Waals surface area contributed by atoms with Gasteiger partial charge in [0.15, 0.2) is 0 Å². The fourth-order valence-electron chi connectivity index (χ4n) is 3.94. The smallest absolute Gasteiger partial charge is 0.150 e. The van der Waals surface area contributed by atoms with Crippen LogP contribution in [0.25, 0.3) is 20.4 Å². The third kappa shape index (κ3) is 2.80. The molecule has 3 aromatic heterocycles. The second-order valence-corrected chi connectivity index (χ2v) is 8.05. The number of para-hydroxylation sites is 1. The number of benzene rings is 1. The number of aromatic nitrogens is 3. The van der Waals surface area contributed by atoms with E-state index in [1.54, 1.807) is 17.7 Å². The minimum atomic E-state index is 0.959. The monoisotopic (exact) mass is 375 g/mol. The van der Waals surface area contributed by atoms with Crippen LogP contribution in [0.3, 0.4) is 0 Å². The number of hydrogen-bond acceptors (Lipinski definition) is 6. The van der Waals surface area contributed by atoms with Crippen LogP contribution in [0, 0.1) is 13.8 Å². The Hall–Kier alpha value is -2.73. The second kappa shape index (κ2) is 6.46. The molecule has 0 atom stereocenters. The Balaban J connectivity index is 1.50. The van der Waals surface area contributed by atoms with Gasteiger partial charge in [-0.1, -0.05) is 18.2 Å². The summed E-state index contributed by atoms with van der Waals surface area (Å²) in [5.41, 5.74) is 4.62. The first-order valence-electron chi connectivity index (χ1n) is 9.27. The summed E-state index contributed by atoms with van der Waals surface area (Å²) < 4.78 is 1.15.